The normalized spacial score (nSPS) is 13.5. The molecule has 1 N–H and O–H groups in total. The average molecular weight is 419 g/mol. The lowest BCUT2D eigenvalue weighted by Gasteiger charge is -2.28. The van der Waals surface area contributed by atoms with E-state index in [-0.39, 0.29) is 18.0 Å². The SMILES string of the molecule is Cc1ccccc1C(=O)N1CCc2nc3cc(-c4ccccc4Cl)[nH]n3c(=O)c2C1. The number of carbonyl (C=O) groups is 1. The Hall–Kier alpha value is -3.38. The Kier molecular flexibility index (Phi) is 4.44. The van der Waals surface area contributed by atoms with Crippen LogP contribution in [0.3, 0.4) is 0 Å². The zero-order valence-electron chi connectivity index (χ0n) is 16.4. The molecule has 0 bridgehead atoms. The number of aromatic amines is 1. The number of hydrogen-bond acceptors (Lipinski definition) is 3. The van der Waals surface area contributed by atoms with Crippen LogP contribution in [0, 0.1) is 6.92 Å². The van der Waals surface area contributed by atoms with Crippen molar-refractivity contribution in [3.05, 3.63) is 92.4 Å². The summed E-state index contributed by atoms with van der Waals surface area (Å²) < 4.78 is 1.43. The Labute approximate surface area is 177 Å². The van der Waals surface area contributed by atoms with Gasteiger partial charge < -0.3 is 4.90 Å². The van der Waals surface area contributed by atoms with Gasteiger partial charge in [0.15, 0.2) is 5.65 Å². The second-order valence-electron chi connectivity index (χ2n) is 7.48. The van der Waals surface area contributed by atoms with Gasteiger partial charge in [0.2, 0.25) is 0 Å². The lowest BCUT2D eigenvalue weighted by molar-refractivity contribution is 0.0732. The summed E-state index contributed by atoms with van der Waals surface area (Å²) in [5, 5.41) is 3.70. The molecule has 2 aromatic heterocycles. The minimum absolute atomic E-state index is 0.0634. The van der Waals surface area contributed by atoms with Crippen molar-refractivity contribution in [1.29, 1.82) is 0 Å². The van der Waals surface area contributed by atoms with Crippen LogP contribution in [0.1, 0.15) is 27.2 Å². The van der Waals surface area contributed by atoms with Gasteiger partial charge in [-0.1, -0.05) is 48.0 Å². The number of nitrogens with zero attached hydrogens (tertiary/aromatic N) is 3. The largest absolute Gasteiger partial charge is 0.334 e. The molecule has 0 atom stereocenters. The molecule has 1 aliphatic heterocycles. The van der Waals surface area contributed by atoms with Gasteiger partial charge in [-0.25, -0.2) is 9.50 Å². The maximum Gasteiger partial charge on any atom is 0.277 e. The van der Waals surface area contributed by atoms with Crippen molar-refractivity contribution < 1.29 is 4.79 Å². The van der Waals surface area contributed by atoms with E-state index < -0.39 is 0 Å². The van der Waals surface area contributed by atoms with E-state index in [0.29, 0.717) is 34.8 Å². The molecule has 5 rings (SSSR count). The molecular weight excluding hydrogens is 400 g/mol. The molecule has 0 radical (unpaired) electrons. The van der Waals surface area contributed by atoms with Crippen molar-refractivity contribution in [3.63, 3.8) is 0 Å². The van der Waals surface area contributed by atoms with Crippen molar-refractivity contribution in [2.45, 2.75) is 19.9 Å². The molecular formula is C23H19ClN4O2. The molecule has 150 valence electrons. The summed E-state index contributed by atoms with van der Waals surface area (Å²) in [4.78, 5) is 32.6. The van der Waals surface area contributed by atoms with Crippen LogP contribution in [0.15, 0.2) is 59.4 Å². The summed E-state index contributed by atoms with van der Waals surface area (Å²) in [5.74, 6) is -0.0634. The zero-order valence-corrected chi connectivity index (χ0v) is 17.1. The summed E-state index contributed by atoms with van der Waals surface area (Å²) >= 11 is 6.31. The number of benzene rings is 2. The zero-order chi connectivity index (χ0) is 20.8. The molecule has 0 aliphatic carbocycles. The fraction of sp³-hybridized carbons (Fsp3) is 0.174. The quantitative estimate of drug-likeness (QED) is 0.537. The Morgan fingerprint density at radius 3 is 2.70 bits per heavy atom. The van der Waals surface area contributed by atoms with Crippen molar-refractivity contribution >= 4 is 23.2 Å². The van der Waals surface area contributed by atoms with Crippen LogP contribution in [0.2, 0.25) is 5.02 Å². The summed E-state index contributed by atoms with van der Waals surface area (Å²) in [5.41, 5.74) is 4.77. The highest BCUT2D eigenvalue weighted by molar-refractivity contribution is 6.33. The van der Waals surface area contributed by atoms with E-state index in [1.165, 1.54) is 4.52 Å². The van der Waals surface area contributed by atoms with Crippen molar-refractivity contribution in [1.82, 2.24) is 19.5 Å². The maximum absolute atomic E-state index is 13.2. The summed E-state index contributed by atoms with van der Waals surface area (Å²) in [6.45, 7) is 2.70. The highest BCUT2D eigenvalue weighted by Crippen LogP contribution is 2.27. The van der Waals surface area contributed by atoms with Crippen molar-refractivity contribution in [2.24, 2.45) is 0 Å². The first-order chi connectivity index (χ1) is 14.5. The molecule has 6 nitrogen and oxygen atoms in total. The van der Waals surface area contributed by atoms with Crippen LogP contribution >= 0.6 is 11.6 Å². The van der Waals surface area contributed by atoms with Gasteiger partial charge in [0.25, 0.3) is 11.5 Å². The molecule has 1 amide bonds. The number of aryl methyl sites for hydroxylation is 1. The molecule has 7 heteroatoms. The first kappa shape index (κ1) is 18.6. The van der Waals surface area contributed by atoms with Crippen molar-refractivity contribution in [3.8, 4) is 11.3 Å². The predicted molar refractivity (Wildman–Crippen MR) is 116 cm³/mol. The van der Waals surface area contributed by atoms with Gasteiger partial charge in [-0.05, 0) is 24.6 Å². The molecule has 0 spiro atoms. The van der Waals surface area contributed by atoms with Gasteiger partial charge in [-0.3, -0.25) is 14.7 Å². The molecule has 0 unspecified atom stereocenters. The molecule has 0 saturated heterocycles. The highest BCUT2D eigenvalue weighted by Gasteiger charge is 2.27. The van der Waals surface area contributed by atoms with Gasteiger partial charge in [0, 0.05) is 35.2 Å². The van der Waals surface area contributed by atoms with E-state index in [2.05, 4.69) is 10.1 Å². The molecule has 0 saturated carbocycles. The highest BCUT2D eigenvalue weighted by atomic mass is 35.5. The second kappa shape index (κ2) is 7.15. The van der Waals surface area contributed by atoms with Gasteiger partial charge in [-0.15, -0.1) is 0 Å². The van der Waals surface area contributed by atoms with Gasteiger partial charge in [-0.2, -0.15) is 0 Å². The third-order valence-corrected chi connectivity index (χ3v) is 5.92. The fourth-order valence-corrected chi connectivity index (χ4v) is 4.19. The number of H-pyrrole nitrogens is 1. The number of hydrogen-bond donors (Lipinski definition) is 1. The van der Waals surface area contributed by atoms with Crippen LogP contribution < -0.4 is 5.56 Å². The van der Waals surface area contributed by atoms with E-state index in [1.807, 2.05) is 55.5 Å². The standard InChI is InChI=1S/C23H19ClN4O2/c1-14-6-2-3-7-15(14)22(29)27-11-10-19-17(13-27)23(30)28-21(25-19)12-20(26-28)16-8-4-5-9-18(16)24/h2-9,12,26H,10-11,13H2,1H3. The number of nitrogens with one attached hydrogen (secondary N) is 1. The minimum atomic E-state index is -0.185. The second-order valence-corrected chi connectivity index (χ2v) is 7.88. The van der Waals surface area contributed by atoms with Crippen LogP contribution in [0.5, 0.6) is 0 Å². The average Bonchev–Trinajstić information content (AvgIpc) is 3.18. The molecule has 1 aliphatic rings. The van der Waals surface area contributed by atoms with Gasteiger partial charge >= 0.3 is 0 Å². The summed E-state index contributed by atoms with van der Waals surface area (Å²) in [7, 11) is 0. The minimum Gasteiger partial charge on any atom is -0.334 e. The van der Waals surface area contributed by atoms with Gasteiger partial charge in [0.05, 0.1) is 23.5 Å². The van der Waals surface area contributed by atoms with Crippen LogP contribution in [-0.4, -0.2) is 31.9 Å². The number of rotatable bonds is 2. The van der Waals surface area contributed by atoms with E-state index >= 15 is 0 Å². The third-order valence-electron chi connectivity index (χ3n) is 5.59. The molecule has 4 aromatic rings. The summed E-state index contributed by atoms with van der Waals surface area (Å²) in [6.07, 6.45) is 0.547. The topological polar surface area (TPSA) is 70.5 Å². The molecule has 30 heavy (non-hydrogen) atoms. The number of aromatic nitrogens is 3. The van der Waals surface area contributed by atoms with Crippen LogP contribution in [0.4, 0.5) is 0 Å². The first-order valence-electron chi connectivity index (χ1n) is 9.76. The van der Waals surface area contributed by atoms with E-state index in [1.54, 1.807) is 11.0 Å². The monoisotopic (exact) mass is 418 g/mol. The summed E-state index contributed by atoms with van der Waals surface area (Å²) in [6, 6.07) is 16.8. The van der Waals surface area contributed by atoms with E-state index in [9.17, 15) is 9.59 Å². The van der Waals surface area contributed by atoms with E-state index in [4.69, 9.17) is 11.6 Å². The predicted octanol–water partition coefficient (Wildman–Crippen LogP) is 3.85. The van der Waals surface area contributed by atoms with E-state index in [0.717, 1.165) is 22.5 Å². The third kappa shape index (κ3) is 3.00. The lowest BCUT2D eigenvalue weighted by atomic mass is 10.0. The number of fused-ring (bicyclic) bond motifs is 2. The first-order valence-corrected chi connectivity index (χ1v) is 10.1. The number of halogens is 1. The fourth-order valence-electron chi connectivity index (χ4n) is 3.96. The molecule has 0 fully saturated rings. The smallest absolute Gasteiger partial charge is 0.277 e. The Bertz CT molecular complexity index is 1360. The lowest BCUT2D eigenvalue weighted by Crippen LogP contribution is -2.40. The molecule has 3 heterocycles. The maximum atomic E-state index is 13.2. The number of amides is 1. The Morgan fingerprint density at radius 2 is 1.90 bits per heavy atom. The van der Waals surface area contributed by atoms with Crippen LogP contribution in [-0.2, 0) is 13.0 Å². The Balaban J connectivity index is 1.54. The number of carbonyl (C=O) groups excluding carboxylic acids is 1. The van der Waals surface area contributed by atoms with Crippen molar-refractivity contribution in [2.75, 3.05) is 6.54 Å². The van der Waals surface area contributed by atoms with Crippen LogP contribution in [0.25, 0.3) is 16.9 Å². The van der Waals surface area contributed by atoms with Gasteiger partial charge in [0.1, 0.15) is 0 Å². The molecule has 2 aromatic carbocycles. The Morgan fingerprint density at radius 1 is 1.13 bits per heavy atom.